The van der Waals surface area contributed by atoms with E-state index in [1.54, 1.807) is 25.1 Å². The van der Waals surface area contributed by atoms with Crippen LogP contribution in [-0.2, 0) is 10.0 Å². The predicted octanol–water partition coefficient (Wildman–Crippen LogP) is 1.07. The van der Waals surface area contributed by atoms with Crippen molar-refractivity contribution < 1.29 is 8.42 Å². The van der Waals surface area contributed by atoms with Crippen molar-refractivity contribution >= 4 is 27.2 Å². The Morgan fingerprint density at radius 1 is 1.47 bits per heavy atom. The summed E-state index contributed by atoms with van der Waals surface area (Å²) in [5, 5.41) is 0. The van der Waals surface area contributed by atoms with Crippen molar-refractivity contribution in [3.63, 3.8) is 0 Å². The van der Waals surface area contributed by atoms with Crippen LogP contribution >= 0.6 is 12.2 Å². The highest BCUT2D eigenvalue weighted by atomic mass is 32.2. The molecule has 0 aromatic heterocycles. The van der Waals surface area contributed by atoms with Crippen LogP contribution in [0.5, 0.6) is 0 Å². The summed E-state index contributed by atoms with van der Waals surface area (Å²) in [4.78, 5) is 0.566. The Morgan fingerprint density at radius 2 is 2.12 bits per heavy atom. The zero-order valence-electron chi connectivity index (χ0n) is 9.43. The molecule has 1 aromatic rings. The Labute approximate surface area is 106 Å². The van der Waals surface area contributed by atoms with Gasteiger partial charge >= 0.3 is 0 Å². The maximum Gasteiger partial charge on any atom is 0.241 e. The number of benzene rings is 1. The molecular formula is C11H14N2O2S2. The maximum atomic E-state index is 12.0. The van der Waals surface area contributed by atoms with Gasteiger partial charge in [0.1, 0.15) is 4.99 Å². The van der Waals surface area contributed by atoms with Gasteiger partial charge in [-0.1, -0.05) is 18.3 Å². The number of nitrogens with two attached hydrogens (primary N) is 1. The third kappa shape index (κ3) is 2.83. The van der Waals surface area contributed by atoms with Crippen LogP contribution in [0.25, 0.3) is 0 Å². The summed E-state index contributed by atoms with van der Waals surface area (Å²) in [5.74, 6) is 0. The summed E-state index contributed by atoms with van der Waals surface area (Å²) >= 11 is 4.85. The molecule has 1 aliphatic rings. The Morgan fingerprint density at radius 3 is 2.59 bits per heavy atom. The number of aryl methyl sites for hydroxylation is 1. The van der Waals surface area contributed by atoms with Gasteiger partial charge in [0.05, 0.1) is 4.90 Å². The number of thiocarbonyl (C=S) groups is 1. The Kier molecular flexibility index (Phi) is 3.20. The standard InChI is InChI=1S/C11H14N2O2S2/c1-7-6-8(11(12)16)2-5-10(7)17(14,15)13-9-3-4-9/h2,5-6,9,13H,3-4H2,1H3,(H2,12,16). The third-order valence-corrected chi connectivity index (χ3v) is 4.56. The van der Waals surface area contributed by atoms with Crippen LogP contribution in [0, 0.1) is 6.92 Å². The van der Waals surface area contributed by atoms with Crippen LogP contribution in [0.2, 0.25) is 0 Å². The first-order valence-corrected chi connectivity index (χ1v) is 7.22. The summed E-state index contributed by atoms with van der Waals surface area (Å²) < 4.78 is 26.7. The molecule has 6 heteroatoms. The quantitative estimate of drug-likeness (QED) is 0.803. The molecule has 0 bridgehead atoms. The van der Waals surface area contributed by atoms with E-state index in [1.807, 2.05) is 0 Å². The minimum atomic E-state index is -3.40. The molecule has 0 saturated heterocycles. The van der Waals surface area contributed by atoms with Gasteiger partial charge in [-0.2, -0.15) is 0 Å². The lowest BCUT2D eigenvalue weighted by Gasteiger charge is -2.09. The summed E-state index contributed by atoms with van der Waals surface area (Å²) in [6.45, 7) is 1.74. The summed E-state index contributed by atoms with van der Waals surface area (Å²) in [6, 6.07) is 4.99. The van der Waals surface area contributed by atoms with Crippen molar-refractivity contribution in [1.82, 2.24) is 4.72 Å². The molecule has 0 amide bonds. The van der Waals surface area contributed by atoms with Crippen LogP contribution in [-0.4, -0.2) is 19.4 Å². The van der Waals surface area contributed by atoms with E-state index >= 15 is 0 Å². The number of sulfonamides is 1. The van der Waals surface area contributed by atoms with Gasteiger partial charge in [-0.3, -0.25) is 0 Å². The first-order chi connectivity index (χ1) is 7.90. The molecule has 2 rings (SSSR count). The molecule has 0 unspecified atom stereocenters. The summed E-state index contributed by atoms with van der Waals surface area (Å²) in [5.41, 5.74) is 6.84. The van der Waals surface area contributed by atoms with Crippen molar-refractivity contribution in [3.8, 4) is 0 Å². The Balaban J connectivity index is 2.35. The summed E-state index contributed by atoms with van der Waals surface area (Å²) in [6.07, 6.45) is 1.84. The monoisotopic (exact) mass is 270 g/mol. The third-order valence-electron chi connectivity index (χ3n) is 2.65. The zero-order valence-corrected chi connectivity index (χ0v) is 11.1. The maximum absolute atomic E-state index is 12.0. The zero-order chi connectivity index (χ0) is 12.6. The number of rotatable bonds is 4. The molecule has 3 N–H and O–H groups in total. The van der Waals surface area contributed by atoms with Crippen molar-refractivity contribution in [3.05, 3.63) is 29.3 Å². The number of nitrogens with one attached hydrogen (secondary N) is 1. The van der Waals surface area contributed by atoms with Crippen LogP contribution in [0.15, 0.2) is 23.1 Å². The lowest BCUT2D eigenvalue weighted by molar-refractivity contribution is 0.580. The molecule has 0 aliphatic heterocycles. The van der Waals surface area contributed by atoms with Gasteiger partial charge < -0.3 is 5.73 Å². The van der Waals surface area contributed by atoms with Gasteiger partial charge in [0, 0.05) is 11.6 Å². The minimum absolute atomic E-state index is 0.106. The molecule has 92 valence electrons. The molecule has 0 spiro atoms. The first-order valence-electron chi connectivity index (χ1n) is 5.33. The molecule has 0 radical (unpaired) electrons. The van der Waals surface area contributed by atoms with E-state index in [9.17, 15) is 8.42 Å². The highest BCUT2D eigenvalue weighted by Crippen LogP contribution is 2.23. The van der Waals surface area contributed by atoms with Gasteiger partial charge in [-0.05, 0) is 37.5 Å². The van der Waals surface area contributed by atoms with Crippen molar-refractivity contribution in [2.45, 2.75) is 30.7 Å². The second kappa shape index (κ2) is 4.36. The number of hydrogen-bond donors (Lipinski definition) is 2. The average Bonchev–Trinajstić information content (AvgIpc) is 3.00. The lowest BCUT2D eigenvalue weighted by atomic mass is 10.1. The van der Waals surface area contributed by atoms with Crippen molar-refractivity contribution in [2.75, 3.05) is 0 Å². The van der Waals surface area contributed by atoms with E-state index in [0.29, 0.717) is 16.0 Å². The second-order valence-corrected chi connectivity index (χ2v) is 6.36. The fourth-order valence-corrected chi connectivity index (χ4v) is 3.25. The van der Waals surface area contributed by atoms with E-state index in [0.717, 1.165) is 12.8 Å². The molecule has 0 heterocycles. The largest absolute Gasteiger partial charge is 0.389 e. The van der Waals surface area contributed by atoms with E-state index in [1.165, 1.54) is 0 Å². The number of hydrogen-bond acceptors (Lipinski definition) is 3. The van der Waals surface area contributed by atoms with Gasteiger partial charge in [-0.15, -0.1) is 0 Å². The van der Waals surface area contributed by atoms with Gasteiger partial charge in [0.2, 0.25) is 10.0 Å². The normalized spacial score (nSPS) is 15.8. The molecule has 1 saturated carbocycles. The van der Waals surface area contributed by atoms with E-state index in [2.05, 4.69) is 4.72 Å². The van der Waals surface area contributed by atoms with Crippen molar-refractivity contribution in [1.29, 1.82) is 0 Å². The molecular weight excluding hydrogens is 256 g/mol. The van der Waals surface area contributed by atoms with Crippen molar-refractivity contribution in [2.24, 2.45) is 5.73 Å². The van der Waals surface area contributed by atoms with E-state index in [-0.39, 0.29) is 11.0 Å². The van der Waals surface area contributed by atoms with Crippen LogP contribution in [0.3, 0.4) is 0 Å². The summed E-state index contributed by atoms with van der Waals surface area (Å²) in [7, 11) is -3.40. The van der Waals surface area contributed by atoms with E-state index in [4.69, 9.17) is 18.0 Å². The molecule has 1 aliphatic carbocycles. The fraction of sp³-hybridized carbons (Fsp3) is 0.364. The van der Waals surface area contributed by atoms with Gasteiger partial charge in [-0.25, -0.2) is 13.1 Å². The molecule has 1 fully saturated rings. The highest BCUT2D eigenvalue weighted by Gasteiger charge is 2.28. The van der Waals surface area contributed by atoms with E-state index < -0.39 is 10.0 Å². The SMILES string of the molecule is Cc1cc(C(N)=S)ccc1S(=O)(=O)NC1CC1. The predicted molar refractivity (Wildman–Crippen MR) is 70.4 cm³/mol. The van der Waals surface area contributed by atoms with Gasteiger partial charge in [0.15, 0.2) is 0 Å². The van der Waals surface area contributed by atoms with Crippen LogP contribution in [0.4, 0.5) is 0 Å². The van der Waals surface area contributed by atoms with Crippen LogP contribution in [0.1, 0.15) is 24.0 Å². The highest BCUT2D eigenvalue weighted by molar-refractivity contribution is 7.89. The topological polar surface area (TPSA) is 72.2 Å². The molecule has 0 atom stereocenters. The Hall–Kier alpha value is -0.980. The fourth-order valence-electron chi connectivity index (χ4n) is 1.59. The molecule has 17 heavy (non-hydrogen) atoms. The van der Waals surface area contributed by atoms with Crippen LogP contribution < -0.4 is 10.5 Å². The Bertz CT molecular complexity index is 563. The smallest absolute Gasteiger partial charge is 0.241 e. The molecule has 1 aromatic carbocycles. The molecule has 4 nitrogen and oxygen atoms in total. The lowest BCUT2D eigenvalue weighted by Crippen LogP contribution is -2.26. The van der Waals surface area contributed by atoms with Gasteiger partial charge in [0.25, 0.3) is 0 Å². The average molecular weight is 270 g/mol. The minimum Gasteiger partial charge on any atom is -0.389 e. The first kappa shape index (κ1) is 12.5. The second-order valence-electron chi connectivity index (χ2n) is 4.24.